The van der Waals surface area contributed by atoms with Gasteiger partial charge >= 0.3 is 0 Å². The number of hydrogen-bond acceptors (Lipinski definition) is 2. The first-order chi connectivity index (χ1) is 27.8. The second kappa shape index (κ2) is 16.1. The molecule has 0 spiro atoms. The van der Waals surface area contributed by atoms with E-state index in [2.05, 4.69) is 246 Å². The van der Waals surface area contributed by atoms with Gasteiger partial charge in [-0.1, -0.05) is 164 Å². The summed E-state index contributed by atoms with van der Waals surface area (Å²) >= 11 is 0. The van der Waals surface area contributed by atoms with E-state index in [1.807, 2.05) is 0 Å². The standard InChI is InChI=1S/C54H42N2/c1-5-14-41(15-6-1)43-24-32-51(33-25-43)55(49-20-9-3-10-21-49)53-36-28-45(29-37-53)47-18-13-19-48(40-47)46-30-38-54(39-31-46)56(50-22-11-4-12-23-50)52-34-26-44(27-35-52)42-16-7-2-8-17-42/h1-18,20-40,48H,19H2. The number of rotatable bonds is 10. The molecule has 0 heterocycles. The topological polar surface area (TPSA) is 6.48 Å². The fourth-order valence-corrected chi connectivity index (χ4v) is 7.70. The van der Waals surface area contributed by atoms with Crippen molar-refractivity contribution in [3.05, 3.63) is 248 Å². The second-order valence-electron chi connectivity index (χ2n) is 14.2. The fraction of sp³-hybridized carbons (Fsp3) is 0.0370. The Morgan fingerprint density at radius 3 is 1.04 bits per heavy atom. The summed E-state index contributed by atoms with van der Waals surface area (Å²) in [4.78, 5) is 4.66. The molecule has 2 heteroatoms. The maximum absolute atomic E-state index is 2.43. The number of anilines is 6. The summed E-state index contributed by atoms with van der Waals surface area (Å²) in [6.45, 7) is 0. The monoisotopic (exact) mass is 718 g/mol. The number of nitrogens with zero attached hydrogens (tertiary/aromatic N) is 2. The molecule has 0 aliphatic heterocycles. The molecule has 1 unspecified atom stereocenters. The van der Waals surface area contributed by atoms with Crippen molar-refractivity contribution >= 4 is 39.7 Å². The van der Waals surface area contributed by atoms with Crippen LogP contribution in [0, 0.1) is 0 Å². The average Bonchev–Trinajstić information content (AvgIpc) is 3.29. The molecule has 0 saturated carbocycles. The van der Waals surface area contributed by atoms with E-state index in [-0.39, 0.29) is 0 Å². The van der Waals surface area contributed by atoms with Crippen LogP contribution >= 0.6 is 0 Å². The molecule has 0 amide bonds. The maximum atomic E-state index is 2.43. The predicted molar refractivity (Wildman–Crippen MR) is 238 cm³/mol. The minimum absolute atomic E-state index is 0.294. The lowest BCUT2D eigenvalue weighted by atomic mass is 9.87. The summed E-state index contributed by atoms with van der Waals surface area (Å²) in [7, 11) is 0. The molecule has 1 atom stereocenters. The van der Waals surface area contributed by atoms with Gasteiger partial charge in [0, 0.05) is 40.0 Å². The van der Waals surface area contributed by atoms with Crippen LogP contribution in [0.2, 0.25) is 0 Å². The van der Waals surface area contributed by atoms with E-state index < -0.39 is 0 Å². The lowest BCUT2D eigenvalue weighted by molar-refractivity contribution is 0.857. The molecule has 0 saturated heterocycles. The summed E-state index contributed by atoms with van der Waals surface area (Å²) in [5.41, 5.74) is 15.4. The molecule has 0 aromatic heterocycles. The molecular formula is C54H42N2. The van der Waals surface area contributed by atoms with Gasteiger partial charge in [-0.15, -0.1) is 0 Å². The fourth-order valence-electron chi connectivity index (χ4n) is 7.70. The molecule has 0 bridgehead atoms. The zero-order chi connectivity index (χ0) is 37.5. The Morgan fingerprint density at radius 2 is 0.625 bits per heavy atom. The highest BCUT2D eigenvalue weighted by atomic mass is 15.1. The van der Waals surface area contributed by atoms with E-state index in [0.29, 0.717) is 5.92 Å². The highest BCUT2D eigenvalue weighted by molar-refractivity contribution is 5.82. The van der Waals surface area contributed by atoms with E-state index >= 15 is 0 Å². The van der Waals surface area contributed by atoms with Crippen LogP contribution in [0.5, 0.6) is 0 Å². The highest BCUT2D eigenvalue weighted by Gasteiger charge is 2.18. The van der Waals surface area contributed by atoms with Gasteiger partial charge in [0.05, 0.1) is 0 Å². The van der Waals surface area contributed by atoms with Crippen LogP contribution in [0.3, 0.4) is 0 Å². The van der Waals surface area contributed by atoms with Gasteiger partial charge in [-0.25, -0.2) is 0 Å². The molecule has 1 aliphatic rings. The zero-order valence-electron chi connectivity index (χ0n) is 31.2. The van der Waals surface area contributed by atoms with Crippen molar-refractivity contribution in [2.45, 2.75) is 12.3 Å². The Hall–Kier alpha value is -7.16. The molecule has 2 nitrogen and oxygen atoms in total. The summed E-state index contributed by atoms with van der Waals surface area (Å²) in [6.07, 6.45) is 7.99. The molecule has 9 rings (SSSR count). The van der Waals surface area contributed by atoms with Gasteiger partial charge in [0.15, 0.2) is 0 Å². The van der Waals surface area contributed by atoms with Crippen molar-refractivity contribution in [1.82, 2.24) is 0 Å². The molecule has 0 fully saturated rings. The van der Waals surface area contributed by atoms with Gasteiger partial charge in [-0.2, -0.15) is 0 Å². The van der Waals surface area contributed by atoms with Gasteiger partial charge in [0.1, 0.15) is 0 Å². The van der Waals surface area contributed by atoms with E-state index in [1.54, 1.807) is 0 Å². The third kappa shape index (κ3) is 7.46. The molecular weight excluding hydrogens is 677 g/mol. The van der Waals surface area contributed by atoms with Crippen LogP contribution in [0.15, 0.2) is 237 Å². The van der Waals surface area contributed by atoms with Crippen LogP contribution in [0.25, 0.3) is 27.8 Å². The third-order valence-electron chi connectivity index (χ3n) is 10.6. The maximum Gasteiger partial charge on any atom is 0.0462 e. The van der Waals surface area contributed by atoms with Crippen molar-refractivity contribution in [3.8, 4) is 22.3 Å². The molecule has 1 aliphatic carbocycles. The normalized spacial score (nSPS) is 13.5. The Bertz CT molecular complexity index is 2540. The van der Waals surface area contributed by atoms with Gasteiger partial charge in [0.25, 0.3) is 0 Å². The lowest BCUT2D eigenvalue weighted by Crippen LogP contribution is -2.10. The highest BCUT2D eigenvalue weighted by Crippen LogP contribution is 2.40. The number of allylic oxidation sites excluding steroid dienone is 4. The van der Waals surface area contributed by atoms with Crippen molar-refractivity contribution < 1.29 is 0 Å². The van der Waals surface area contributed by atoms with Gasteiger partial charge in [0.2, 0.25) is 0 Å². The van der Waals surface area contributed by atoms with Crippen molar-refractivity contribution in [3.63, 3.8) is 0 Å². The molecule has 0 N–H and O–H groups in total. The summed E-state index contributed by atoms with van der Waals surface area (Å²) < 4.78 is 0. The Morgan fingerprint density at radius 1 is 0.304 bits per heavy atom. The molecule has 8 aromatic rings. The van der Waals surface area contributed by atoms with Gasteiger partial charge < -0.3 is 9.80 Å². The zero-order valence-corrected chi connectivity index (χ0v) is 31.2. The van der Waals surface area contributed by atoms with Crippen molar-refractivity contribution in [1.29, 1.82) is 0 Å². The SMILES string of the molecule is C1=CC(c2ccc(N(c3ccccc3)c3ccc(-c4ccccc4)cc3)cc2)=CC(c2ccc(N(c3ccccc3)c3ccc(-c4ccccc4)cc3)cc2)C1. The van der Waals surface area contributed by atoms with Crippen molar-refractivity contribution in [2.24, 2.45) is 0 Å². The van der Waals surface area contributed by atoms with Crippen molar-refractivity contribution in [2.75, 3.05) is 9.80 Å². The predicted octanol–water partition coefficient (Wildman–Crippen LogP) is 15.1. The second-order valence-corrected chi connectivity index (χ2v) is 14.2. The molecule has 268 valence electrons. The van der Waals surface area contributed by atoms with Gasteiger partial charge in [-0.05, 0) is 118 Å². The summed E-state index contributed by atoms with van der Waals surface area (Å²) in [6, 6.07) is 78.1. The van der Waals surface area contributed by atoms with Gasteiger partial charge in [-0.3, -0.25) is 0 Å². The van der Waals surface area contributed by atoms with Crippen LogP contribution < -0.4 is 9.80 Å². The minimum atomic E-state index is 0.294. The summed E-state index contributed by atoms with van der Waals surface area (Å²) in [5, 5.41) is 0. The first-order valence-corrected chi connectivity index (χ1v) is 19.4. The van der Waals surface area contributed by atoms with Crippen LogP contribution in [0.1, 0.15) is 23.5 Å². The molecule has 0 radical (unpaired) electrons. The smallest absolute Gasteiger partial charge is 0.0462 e. The number of hydrogen-bond donors (Lipinski definition) is 0. The third-order valence-corrected chi connectivity index (χ3v) is 10.6. The first-order valence-electron chi connectivity index (χ1n) is 19.4. The van der Waals surface area contributed by atoms with Crippen LogP contribution in [0.4, 0.5) is 34.1 Å². The Labute approximate surface area is 330 Å². The minimum Gasteiger partial charge on any atom is -0.311 e. The largest absolute Gasteiger partial charge is 0.311 e. The number of benzene rings is 8. The van der Waals surface area contributed by atoms with E-state index in [4.69, 9.17) is 0 Å². The quantitative estimate of drug-likeness (QED) is 0.139. The molecule has 8 aromatic carbocycles. The van der Waals surface area contributed by atoms with E-state index in [0.717, 1.165) is 40.5 Å². The summed E-state index contributed by atoms with van der Waals surface area (Å²) in [5.74, 6) is 0.294. The lowest BCUT2D eigenvalue weighted by Gasteiger charge is -2.27. The first kappa shape index (κ1) is 34.6. The molecule has 56 heavy (non-hydrogen) atoms. The van der Waals surface area contributed by atoms with E-state index in [1.165, 1.54) is 39.0 Å². The van der Waals surface area contributed by atoms with Crippen LogP contribution in [-0.4, -0.2) is 0 Å². The van der Waals surface area contributed by atoms with E-state index in [9.17, 15) is 0 Å². The van der Waals surface area contributed by atoms with Crippen LogP contribution in [-0.2, 0) is 0 Å². The number of para-hydroxylation sites is 2. The Balaban J connectivity index is 0.963. The average molecular weight is 719 g/mol. The Kier molecular flexibility index (Phi) is 9.92.